The second-order valence-corrected chi connectivity index (χ2v) is 5.85. The van der Waals surface area contributed by atoms with E-state index in [0.717, 1.165) is 36.2 Å². The minimum atomic E-state index is 0.0694. The summed E-state index contributed by atoms with van der Waals surface area (Å²) in [7, 11) is 1.75. The molecule has 1 aliphatic rings. The van der Waals surface area contributed by atoms with Gasteiger partial charge in [0.05, 0.1) is 12.3 Å². The van der Waals surface area contributed by atoms with Crippen molar-refractivity contribution >= 4 is 21.6 Å². The summed E-state index contributed by atoms with van der Waals surface area (Å²) in [5.41, 5.74) is 9.68. The Bertz CT molecular complexity index is 471. The molecule has 0 saturated carbocycles. The van der Waals surface area contributed by atoms with Crippen molar-refractivity contribution in [2.45, 2.75) is 19.4 Å². The molecule has 1 aliphatic heterocycles. The molecule has 0 fully saturated rings. The van der Waals surface area contributed by atoms with E-state index >= 15 is 0 Å². The molecule has 0 aliphatic carbocycles. The number of nitrogens with two attached hydrogens (primary N) is 1. The normalized spacial score (nSPS) is 17.3. The Kier molecular flexibility index (Phi) is 5.02. The van der Waals surface area contributed by atoms with Crippen LogP contribution >= 0.6 is 15.9 Å². The van der Waals surface area contributed by atoms with Crippen LogP contribution in [0.2, 0.25) is 0 Å². The topological polar surface area (TPSA) is 38.5 Å². The molecule has 3 nitrogen and oxygen atoms in total. The van der Waals surface area contributed by atoms with Gasteiger partial charge < -0.3 is 15.4 Å². The Morgan fingerprint density at radius 3 is 2.79 bits per heavy atom. The Hall–Kier alpha value is -0.840. The molecule has 104 valence electrons. The molecule has 1 atom stereocenters. The second-order valence-electron chi connectivity index (χ2n) is 4.99. The standard InChI is InChI=1S/C15H21BrN2O/c1-11(17)13-3-4-15(14(16)9-13)18-7-5-12(6-8-18)10-19-2/h3-5,9,11H,6-8,10,17H2,1-2H3/t11-/m0/s1. The summed E-state index contributed by atoms with van der Waals surface area (Å²) in [4.78, 5) is 2.37. The number of anilines is 1. The number of halogens is 1. The fourth-order valence-electron chi connectivity index (χ4n) is 2.31. The third-order valence-corrected chi connectivity index (χ3v) is 4.11. The van der Waals surface area contributed by atoms with Crippen LogP contribution in [0.25, 0.3) is 0 Å². The summed E-state index contributed by atoms with van der Waals surface area (Å²) >= 11 is 3.65. The van der Waals surface area contributed by atoms with Gasteiger partial charge in [-0.25, -0.2) is 0 Å². The van der Waals surface area contributed by atoms with Crippen molar-refractivity contribution in [2.24, 2.45) is 5.73 Å². The first-order valence-corrected chi connectivity index (χ1v) is 7.38. The second kappa shape index (κ2) is 6.55. The summed E-state index contributed by atoms with van der Waals surface area (Å²) in [5, 5.41) is 0. The molecular weight excluding hydrogens is 304 g/mol. The van der Waals surface area contributed by atoms with Gasteiger partial charge in [0.25, 0.3) is 0 Å². The van der Waals surface area contributed by atoms with Crippen molar-refractivity contribution in [2.75, 3.05) is 31.7 Å². The molecule has 0 aromatic heterocycles. The van der Waals surface area contributed by atoms with Crippen molar-refractivity contribution in [1.29, 1.82) is 0 Å². The van der Waals surface area contributed by atoms with Crippen molar-refractivity contribution < 1.29 is 4.74 Å². The third kappa shape index (κ3) is 3.59. The summed E-state index contributed by atoms with van der Waals surface area (Å²) in [5.74, 6) is 0. The van der Waals surface area contributed by atoms with Gasteiger partial charge in [-0.15, -0.1) is 0 Å². The number of ether oxygens (including phenoxy) is 1. The van der Waals surface area contributed by atoms with Crippen molar-refractivity contribution in [3.05, 3.63) is 39.9 Å². The molecule has 2 N–H and O–H groups in total. The molecule has 1 heterocycles. The molecule has 2 rings (SSSR count). The molecule has 4 heteroatoms. The quantitative estimate of drug-likeness (QED) is 0.864. The van der Waals surface area contributed by atoms with E-state index in [-0.39, 0.29) is 6.04 Å². The van der Waals surface area contributed by atoms with Crippen LogP contribution in [0.1, 0.15) is 24.9 Å². The smallest absolute Gasteiger partial charge is 0.0674 e. The lowest BCUT2D eigenvalue weighted by Crippen LogP contribution is -2.29. The van der Waals surface area contributed by atoms with E-state index in [1.54, 1.807) is 7.11 Å². The van der Waals surface area contributed by atoms with Crippen LogP contribution in [0.5, 0.6) is 0 Å². The third-order valence-electron chi connectivity index (χ3n) is 3.47. The maximum atomic E-state index is 5.90. The number of hydrogen-bond donors (Lipinski definition) is 1. The number of nitrogens with zero attached hydrogens (tertiary/aromatic N) is 1. The highest BCUT2D eigenvalue weighted by Crippen LogP contribution is 2.30. The maximum Gasteiger partial charge on any atom is 0.0674 e. The molecule has 19 heavy (non-hydrogen) atoms. The zero-order chi connectivity index (χ0) is 13.8. The van der Waals surface area contributed by atoms with Crippen LogP contribution < -0.4 is 10.6 Å². The van der Waals surface area contributed by atoms with Gasteiger partial charge in [-0.2, -0.15) is 0 Å². The fraction of sp³-hybridized carbons (Fsp3) is 0.467. The van der Waals surface area contributed by atoms with E-state index in [2.05, 4.69) is 45.1 Å². The van der Waals surface area contributed by atoms with Crippen LogP contribution in [-0.4, -0.2) is 26.8 Å². The summed E-state index contributed by atoms with van der Waals surface area (Å²) in [6.45, 7) is 4.72. The Labute approximate surface area is 123 Å². The van der Waals surface area contributed by atoms with Gasteiger partial charge in [0.2, 0.25) is 0 Å². The predicted molar refractivity (Wildman–Crippen MR) is 83.5 cm³/mol. The molecule has 1 aromatic carbocycles. The summed E-state index contributed by atoms with van der Waals surface area (Å²) in [6, 6.07) is 6.45. The highest BCUT2D eigenvalue weighted by molar-refractivity contribution is 9.10. The van der Waals surface area contributed by atoms with Crippen LogP contribution in [0, 0.1) is 0 Å². The van der Waals surface area contributed by atoms with Crippen molar-refractivity contribution in [3.63, 3.8) is 0 Å². The van der Waals surface area contributed by atoms with Gasteiger partial charge in [0, 0.05) is 30.7 Å². The van der Waals surface area contributed by atoms with Crippen molar-refractivity contribution in [3.8, 4) is 0 Å². The first-order chi connectivity index (χ1) is 9.11. The lowest BCUT2D eigenvalue weighted by molar-refractivity contribution is 0.222. The lowest BCUT2D eigenvalue weighted by atomic mass is 10.1. The highest BCUT2D eigenvalue weighted by atomic mass is 79.9. The van der Waals surface area contributed by atoms with E-state index < -0.39 is 0 Å². The molecule has 0 saturated heterocycles. The van der Waals surface area contributed by atoms with E-state index in [1.165, 1.54) is 11.3 Å². The van der Waals surface area contributed by atoms with Gasteiger partial charge in [-0.1, -0.05) is 12.1 Å². The molecule has 0 unspecified atom stereocenters. The van der Waals surface area contributed by atoms with E-state index in [0.29, 0.717) is 0 Å². The number of benzene rings is 1. The fourth-order valence-corrected chi connectivity index (χ4v) is 2.96. The minimum absolute atomic E-state index is 0.0694. The number of hydrogen-bond acceptors (Lipinski definition) is 3. The molecular formula is C15H21BrN2O. The van der Waals surface area contributed by atoms with Gasteiger partial charge in [0.1, 0.15) is 0 Å². The van der Waals surface area contributed by atoms with Gasteiger partial charge in [-0.05, 0) is 52.5 Å². The largest absolute Gasteiger partial charge is 0.380 e. The molecule has 0 amide bonds. The Morgan fingerprint density at radius 2 is 2.26 bits per heavy atom. The van der Waals surface area contributed by atoms with E-state index in [4.69, 9.17) is 10.5 Å². The number of methoxy groups -OCH3 is 1. The monoisotopic (exact) mass is 324 g/mol. The van der Waals surface area contributed by atoms with E-state index in [1.807, 2.05) is 6.92 Å². The predicted octanol–water partition coefficient (Wildman–Crippen LogP) is 3.25. The zero-order valence-corrected chi connectivity index (χ0v) is 13.1. The summed E-state index contributed by atoms with van der Waals surface area (Å²) < 4.78 is 6.29. The van der Waals surface area contributed by atoms with Gasteiger partial charge in [-0.3, -0.25) is 0 Å². The van der Waals surface area contributed by atoms with Gasteiger partial charge >= 0.3 is 0 Å². The zero-order valence-electron chi connectivity index (χ0n) is 11.5. The SMILES string of the molecule is COCC1=CCN(c2ccc([C@H](C)N)cc2Br)CC1. The van der Waals surface area contributed by atoms with Crippen LogP contribution in [0.4, 0.5) is 5.69 Å². The van der Waals surface area contributed by atoms with Crippen LogP contribution in [0.15, 0.2) is 34.3 Å². The maximum absolute atomic E-state index is 5.90. The summed E-state index contributed by atoms with van der Waals surface area (Å²) in [6.07, 6.45) is 3.33. The van der Waals surface area contributed by atoms with Crippen LogP contribution in [0.3, 0.4) is 0 Å². The first-order valence-electron chi connectivity index (χ1n) is 6.58. The minimum Gasteiger partial charge on any atom is -0.380 e. The molecule has 0 bridgehead atoms. The average Bonchev–Trinajstić information content (AvgIpc) is 2.40. The van der Waals surface area contributed by atoms with Crippen LogP contribution in [-0.2, 0) is 4.74 Å². The van der Waals surface area contributed by atoms with Crippen molar-refractivity contribution in [1.82, 2.24) is 0 Å². The first kappa shape index (κ1) is 14.6. The molecule has 0 radical (unpaired) electrons. The van der Waals surface area contributed by atoms with E-state index in [9.17, 15) is 0 Å². The molecule has 0 spiro atoms. The Morgan fingerprint density at radius 1 is 1.47 bits per heavy atom. The number of rotatable bonds is 4. The highest BCUT2D eigenvalue weighted by Gasteiger charge is 2.15. The molecule has 1 aromatic rings. The Balaban J connectivity index is 2.11. The lowest BCUT2D eigenvalue weighted by Gasteiger charge is -2.29. The van der Waals surface area contributed by atoms with Gasteiger partial charge in [0.15, 0.2) is 0 Å². The average molecular weight is 325 g/mol.